The van der Waals surface area contributed by atoms with Crippen LogP contribution in [0, 0.1) is 0 Å². The number of carboxylic acids is 1. The summed E-state index contributed by atoms with van der Waals surface area (Å²) in [6.45, 7) is 4.52. The lowest BCUT2D eigenvalue weighted by Gasteiger charge is -2.09. The third kappa shape index (κ3) is 4.23. The molecule has 0 spiro atoms. The van der Waals surface area contributed by atoms with Gasteiger partial charge in [-0.05, 0) is 38.0 Å². The van der Waals surface area contributed by atoms with E-state index in [4.69, 9.17) is 26.0 Å². The van der Waals surface area contributed by atoms with Gasteiger partial charge in [-0.15, -0.1) is 0 Å². The number of carbonyl (C=O) groups is 1. The summed E-state index contributed by atoms with van der Waals surface area (Å²) in [5.41, 5.74) is 3.48. The van der Waals surface area contributed by atoms with Crippen LogP contribution >= 0.6 is 11.6 Å². The maximum absolute atomic E-state index is 10.8. The van der Waals surface area contributed by atoms with E-state index in [0.29, 0.717) is 34.6 Å². The zero-order valence-corrected chi connectivity index (χ0v) is 17.3. The van der Waals surface area contributed by atoms with E-state index < -0.39 is 5.97 Å². The van der Waals surface area contributed by atoms with Crippen molar-refractivity contribution in [3.05, 3.63) is 41.0 Å². The molecule has 1 unspecified atom stereocenters. The zero-order valence-electron chi connectivity index (χ0n) is 16.6. The summed E-state index contributed by atoms with van der Waals surface area (Å²) in [4.78, 5) is 19.5. The Morgan fingerprint density at radius 1 is 1.37 bits per heavy atom. The van der Waals surface area contributed by atoms with Crippen molar-refractivity contribution in [1.29, 1.82) is 0 Å². The van der Waals surface area contributed by atoms with E-state index in [2.05, 4.69) is 20.4 Å². The number of halogens is 1. The normalized spacial score (nSPS) is 15.1. The fourth-order valence-electron chi connectivity index (χ4n) is 3.41. The summed E-state index contributed by atoms with van der Waals surface area (Å²) in [7, 11) is 0. The summed E-state index contributed by atoms with van der Waals surface area (Å²) in [6.07, 6.45) is 2.30. The lowest BCUT2D eigenvalue weighted by atomic mass is 9.95. The zero-order chi connectivity index (χ0) is 21.3. The minimum Gasteiger partial charge on any atom is -0.481 e. The molecule has 0 bridgehead atoms. The monoisotopic (exact) mass is 428 g/mol. The molecule has 0 amide bonds. The van der Waals surface area contributed by atoms with Gasteiger partial charge in [-0.1, -0.05) is 28.9 Å². The molecule has 1 aliphatic heterocycles. The van der Waals surface area contributed by atoms with Crippen LogP contribution in [-0.2, 0) is 4.79 Å². The second-order valence-electron chi connectivity index (χ2n) is 7.41. The van der Waals surface area contributed by atoms with E-state index in [1.54, 1.807) is 12.3 Å². The molecule has 0 saturated heterocycles. The Labute approximate surface area is 178 Å². The van der Waals surface area contributed by atoms with Crippen LogP contribution in [0.15, 0.2) is 35.0 Å². The fraction of sp³-hybridized carbons (Fsp3) is 0.333. The third-order valence-electron chi connectivity index (χ3n) is 4.82. The first-order chi connectivity index (χ1) is 14.4. The van der Waals surface area contributed by atoms with Crippen LogP contribution < -0.4 is 10.1 Å². The predicted molar refractivity (Wildman–Crippen MR) is 112 cm³/mol. The number of benzene rings is 1. The van der Waals surface area contributed by atoms with Crippen molar-refractivity contribution in [2.24, 2.45) is 0 Å². The molecule has 0 saturated carbocycles. The number of aromatic nitrogens is 3. The number of hydrogen-bond donors (Lipinski definition) is 2. The minimum atomic E-state index is -0.780. The topological polar surface area (TPSA) is 110 Å². The molecule has 3 aromatic rings. The highest BCUT2D eigenvalue weighted by Crippen LogP contribution is 2.37. The van der Waals surface area contributed by atoms with Gasteiger partial charge in [-0.25, -0.2) is 4.98 Å². The van der Waals surface area contributed by atoms with Crippen LogP contribution in [0.3, 0.4) is 0 Å². The first-order valence-electron chi connectivity index (χ1n) is 9.67. The van der Waals surface area contributed by atoms with E-state index >= 15 is 0 Å². The number of hydrogen-bond acceptors (Lipinski definition) is 7. The van der Waals surface area contributed by atoms with Crippen LogP contribution in [-0.4, -0.2) is 38.8 Å². The lowest BCUT2D eigenvalue weighted by molar-refractivity contribution is -0.137. The van der Waals surface area contributed by atoms with E-state index in [1.165, 1.54) is 0 Å². The number of ether oxygens (including phenoxy) is 1. The molecule has 1 aromatic carbocycles. The molecule has 1 atom stereocenters. The molecule has 3 heterocycles. The van der Waals surface area contributed by atoms with Crippen molar-refractivity contribution in [2.45, 2.75) is 38.7 Å². The van der Waals surface area contributed by atoms with Gasteiger partial charge in [0.1, 0.15) is 5.02 Å². The van der Waals surface area contributed by atoms with E-state index in [0.717, 1.165) is 23.4 Å². The summed E-state index contributed by atoms with van der Waals surface area (Å²) >= 11 is 6.25. The fourth-order valence-corrected chi connectivity index (χ4v) is 3.62. The van der Waals surface area contributed by atoms with Gasteiger partial charge in [-0.2, -0.15) is 4.98 Å². The van der Waals surface area contributed by atoms with Gasteiger partial charge < -0.3 is 19.7 Å². The Hall–Kier alpha value is -3.13. The second kappa shape index (κ2) is 8.31. The van der Waals surface area contributed by atoms with Gasteiger partial charge in [0.15, 0.2) is 0 Å². The highest BCUT2D eigenvalue weighted by atomic mass is 35.5. The Kier molecular flexibility index (Phi) is 5.59. The Morgan fingerprint density at radius 3 is 2.93 bits per heavy atom. The van der Waals surface area contributed by atoms with Crippen molar-refractivity contribution in [2.75, 3.05) is 11.9 Å². The quantitative estimate of drug-likeness (QED) is 0.561. The standard InChI is InChI=1S/C21H21ClN4O4/c1-11(2)29-21-16(22)7-14(10-24-21)20-25-19(26-30-20)12-3-5-15-13(4-6-18(27)28)9-23-17(15)8-12/h3,5,7-8,10-11,13,23H,4,6,9H2,1-2H3,(H,27,28). The van der Waals surface area contributed by atoms with Gasteiger partial charge in [-0.3, -0.25) is 4.79 Å². The number of pyridine rings is 1. The van der Waals surface area contributed by atoms with Crippen molar-refractivity contribution < 1.29 is 19.2 Å². The van der Waals surface area contributed by atoms with Gasteiger partial charge >= 0.3 is 5.97 Å². The highest BCUT2D eigenvalue weighted by molar-refractivity contribution is 6.32. The number of fused-ring (bicyclic) bond motifs is 1. The number of rotatable bonds is 7. The summed E-state index contributed by atoms with van der Waals surface area (Å²) in [5, 5.41) is 16.7. The number of nitrogens with one attached hydrogen (secondary N) is 1. The molecule has 4 rings (SSSR count). The maximum Gasteiger partial charge on any atom is 0.303 e. The van der Waals surface area contributed by atoms with Gasteiger partial charge in [0.2, 0.25) is 11.7 Å². The maximum atomic E-state index is 10.8. The molecule has 156 valence electrons. The van der Waals surface area contributed by atoms with Gasteiger partial charge in [0, 0.05) is 36.3 Å². The summed E-state index contributed by atoms with van der Waals surface area (Å²) in [6, 6.07) is 7.54. The second-order valence-corrected chi connectivity index (χ2v) is 7.82. The molecule has 2 aromatic heterocycles. The van der Waals surface area contributed by atoms with Crippen LogP contribution in [0.2, 0.25) is 5.02 Å². The molecule has 2 N–H and O–H groups in total. The number of anilines is 1. The molecule has 1 aliphatic rings. The van der Waals surface area contributed by atoms with Crippen LogP contribution in [0.1, 0.15) is 38.2 Å². The molecular weight excluding hydrogens is 408 g/mol. The first kappa shape index (κ1) is 20.2. The Balaban J connectivity index is 1.54. The van der Waals surface area contributed by atoms with Gasteiger partial charge in [0.05, 0.1) is 11.7 Å². The number of nitrogens with zero attached hydrogens (tertiary/aromatic N) is 3. The Bertz CT molecular complexity index is 1080. The molecule has 9 heteroatoms. The molecular formula is C21H21ClN4O4. The van der Waals surface area contributed by atoms with Crippen LogP contribution in [0.25, 0.3) is 22.8 Å². The molecule has 0 aliphatic carbocycles. The Morgan fingerprint density at radius 2 is 2.20 bits per heavy atom. The highest BCUT2D eigenvalue weighted by Gasteiger charge is 2.24. The molecule has 30 heavy (non-hydrogen) atoms. The molecule has 8 nitrogen and oxygen atoms in total. The summed E-state index contributed by atoms with van der Waals surface area (Å²) in [5.74, 6) is 0.520. The average Bonchev–Trinajstić information content (AvgIpc) is 3.34. The van der Waals surface area contributed by atoms with Crippen molar-refractivity contribution in [3.63, 3.8) is 0 Å². The molecule has 0 radical (unpaired) electrons. The van der Waals surface area contributed by atoms with Crippen molar-refractivity contribution >= 4 is 23.3 Å². The smallest absolute Gasteiger partial charge is 0.303 e. The van der Waals surface area contributed by atoms with E-state index in [1.807, 2.05) is 32.0 Å². The molecule has 0 fully saturated rings. The average molecular weight is 429 g/mol. The first-order valence-corrected chi connectivity index (χ1v) is 10.0. The van der Waals surface area contributed by atoms with Crippen molar-refractivity contribution in [1.82, 2.24) is 15.1 Å². The van der Waals surface area contributed by atoms with Crippen LogP contribution in [0.4, 0.5) is 5.69 Å². The SMILES string of the molecule is CC(C)Oc1ncc(-c2nc(-c3ccc4c(c3)NCC4CCC(=O)O)no2)cc1Cl. The van der Waals surface area contributed by atoms with Crippen LogP contribution in [0.5, 0.6) is 5.88 Å². The van der Waals surface area contributed by atoms with Crippen molar-refractivity contribution in [3.8, 4) is 28.7 Å². The predicted octanol–water partition coefficient (Wildman–Crippen LogP) is 4.61. The minimum absolute atomic E-state index is 0.0343. The number of carboxylic acid groups (broad SMARTS) is 1. The van der Waals surface area contributed by atoms with E-state index in [9.17, 15) is 4.79 Å². The largest absolute Gasteiger partial charge is 0.481 e. The lowest BCUT2D eigenvalue weighted by Crippen LogP contribution is -2.07. The van der Waals surface area contributed by atoms with Gasteiger partial charge in [0.25, 0.3) is 5.89 Å². The third-order valence-corrected chi connectivity index (χ3v) is 5.10. The van der Waals surface area contributed by atoms with E-state index in [-0.39, 0.29) is 18.4 Å². The summed E-state index contributed by atoms with van der Waals surface area (Å²) < 4.78 is 10.9. The number of aliphatic carboxylic acids is 1.